The number of hydrogen-bond acceptors (Lipinski definition) is 4. The number of rotatable bonds is 3. The van der Waals surface area contributed by atoms with Crippen LogP contribution >= 0.6 is 0 Å². The summed E-state index contributed by atoms with van der Waals surface area (Å²) in [6.07, 6.45) is 0. The average Bonchev–Trinajstić information content (AvgIpc) is 3.03. The Morgan fingerprint density at radius 1 is 1.14 bits per heavy atom. The number of fused-ring (bicyclic) bond motifs is 1. The summed E-state index contributed by atoms with van der Waals surface area (Å²) in [5, 5.41) is 10.8. The third-order valence-electron chi connectivity index (χ3n) is 3.86. The van der Waals surface area contributed by atoms with E-state index in [2.05, 4.69) is 10.3 Å². The molecule has 0 atom stereocenters. The third-order valence-corrected chi connectivity index (χ3v) is 4.72. The van der Waals surface area contributed by atoms with Gasteiger partial charge in [0.25, 0.3) is 16.0 Å². The number of nitrogens with one attached hydrogen (secondary N) is 3. The summed E-state index contributed by atoms with van der Waals surface area (Å²) in [5.41, 5.74) is 8.35. The number of hydrogen-bond donors (Lipinski definition) is 5. The van der Waals surface area contributed by atoms with Crippen LogP contribution in [0.5, 0.6) is 0 Å². The first-order valence-corrected chi connectivity index (χ1v) is 9.91. The lowest BCUT2D eigenvalue weighted by atomic mass is 10.2. The fourth-order valence-electron chi connectivity index (χ4n) is 2.43. The predicted molar refractivity (Wildman–Crippen MR) is 113 cm³/mol. The molecule has 0 aliphatic rings. The molecule has 1 heterocycles. The highest BCUT2D eigenvalue weighted by molar-refractivity contribution is 7.85. The number of guanidine groups is 1. The highest BCUT2D eigenvalue weighted by atomic mass is 32.2. The van der Waals surface area contributed by atoms with E-state index in [1.165, 1.54) is 17.0 Å². The number of benzene rings is 2. The predicted octanol–water partition coefficient (Wildman–Crippen LogP) is 2.42. The fourth-order valence-corrected chi connectivity index (χ4v) is 2.91. The summed E-state index contributed by atoms with van der Waals surface area (Å²) < 4.78 is 29.6. The second-order valence-electron chi connectivity index (χ2n) is 6.51. The Hall–Kier alpha value is -3.37. The summed E-state index contributed by atoms with van der Waals surface area (Å²) in [4.78, 5) is 16.3. The number of H-pyrrole nitrogens is 1. The summed E-state index contributed by atoms with van der Waals surface area (Å²) >= 11 is 0. The molecule has 0 bridgehead atoms. The van der Waals surface area contributed by atoms with E-state index in [1.807, 2.05) is 19.1 Å². The fraction of sp³-hybridized carbons (Fsp3) is 0.158. The zero-order chi connectivity index (χ0) is 21.8. The molecule has 1 aromatic heterocycles. The van der Waals surface area contributed by atoms with Gasteiger partial charge in [0, 0.05) is 30.7 Å². The van der Waals surface area contributed by atoms with Gasteiger partial charge in [-0.3, -0.25) is 14.8 Å². The molecular weight excluding hydrogens is 394 g/mol. The van der Waals surface area contributed by atoms with Crippen LogP contribution in [0.2, 0.25) is 0 Å². The molecule has 3 rings (SSSR count). The molecule has 0 aliphatic carbocycles. The molecule has 3 aromatic rings. The van der Waals surface area contributed by atoms with Gasteiger partial charge in [-0.1, -0.05) is 17.7 Å². The standard InChI is InChI=1S/C12H15N5O.C7H8O3S/c1-17(2)11(18)10-6-7-5-8(15-12(13)14)3-4-9(7)16-10;1-6-2-4-7(5-3-6)11(8,9)10/h3-6,16H,1-2H3,(H4,13,14,15);2-5H,1H3,(H,8,9,10). The first-order chi connectivity index (χ1) is 13.5. The van der Waals surface area contributed by atoms with Gasteiger partial charge >= 0.3 is 0 Å². The molecule has 0 spiro atoms. The van der Waals surface area contributed by atoms with E-state index in [0.29, 0.717) is 5.69 Å². The van der Waals surface area contributed by atoms with Gasteiger partial charge in [-0.15, -0.1) is 0 Å². The van der Waals surface area contributed by atoms with Crippen molar-refractivity contribution >= 4 is 38.6 Å². The van der Waals surface area contributed by atoms with Crippen LogP contribution < -0.4 is 11.1 Å². The maximum Gasteiger partial charge on any atom is 0.294 e. The number of nitrogens with two attached hydrogens (primary N) is 1. The van der Waals surface area contributed by atoms with Crippen molar-refractivity contribution in [1.82, 2.24) is 9.88 Å². The van der Waals surface area contributed by atoms with Gasteiger partial charge in [0.2, 0.25) is 0 Å². The highest BCUT2D eigenvalue weighted by Crippen LogP contribution is 2.20. The van der Waals surface area contributed by atoms with Crippen molar-refractivity contribution in [1.29, 1.82) is 5.41 Å². The maximum atomic E-state index is 11.8. The average molecular weight is 417 g/mol. The SMILES string of the molecule is CN(C)C(=O)c1cc2cc(NC(=N)N)ccc2[nH]1.Cc1ccc(S(=O)(=O)O)cc1. The van der Waals surface area contributed by atoms with Gasteiger partial charge in [0.1, 0.15) is 5.69 Å². The van der Waals surface area contributed by atoms with Crippen LogP contribution in [0.4, 0.5) is 5.69 Å². The lowest BCUT2D eigenvalue weighted by Crippen LogP contribution is -2.21. The minimum Gasteiger partial charge on any atom is -0.370 e. The molecule has 29 heavy (non-hydrogen) atoms. The molecule has 0 aliphatic heterocycles. The van der Waals surface area contributed by atoms with Crippen LogP contribution in [0, 0.1) is 12.3 Å². The van der Waals surface area contributed by atoms with Crippen LogP contribution in [0.3, 0.4) is 0 Å². The van der Waals surface area contributed by atoms with E-state index in [-0.39, 0.29) is 16.8 Å². The van der Waals surface area contributed by atoms with Crippen LogP contribution in [-0.2, 0) is 10.1 Å². The topological polar surface area (TPSA) is 152 Å². The normalized spacial score (nSPS) is 10.8. The lowest BCUT2D eigenvalue weighted by Gasteiger charge is -2.07. The minimum atomic E-state index is -4.02. The molecule has 0 saturated heterocycles. The molecule has 0 fully saturated rings. The van der Waals surface area contributed by atoms with Gasteiger partial charge in [-0.25, -0.2) is 0 Å². The molecule has 0 unspecified atom stereocenters. The highest BCUT2D eigenvalue weighted by Gasteiger charge is 2.11. The molecule has 9 nitrogen and oxygen atoms in total. The van der Waals surface area contributed by atoms with Gasteiger partial charge < -0.3 is 20.9 Å². The number of amides is 1. The molecule has 154 valence electrons. The van der Waals surface area contributed by atoms with Crippen molar-refractivity contribution in [2.45, 2.75) is 11.8 Å². The number of carbonyl (C=O) groups is 1. The van der Waals surface area contributed by atoms with E-state index in [0.717, 1.165) is 22.2 Å². The van der Waals surface area contributed by atoms with Crippen LogP contribution in [0.25, 0.3) is 10.9 Å². The van der Waals surface area contributed by atoms with Crippen molar-refractivity contribution in [2.24, 2.45) is 5.73 Å². The van der Waals surface area contributed by atoms with Crippen molar-refractivity contribution < 1.29 is 17.8 Å². The van der Waals surface area contributed by atoms with Gasteiger partial charge in [0.05, 0.1) is 4.90 Å². The summed E-state index contributed by atoms with van der Waals surface area (Å²) in [5.74, 6) is -0.193. The summed E-state index contributed by atoms with van der Waals surface area (Å²) in [7, 11) is -0.610. The number of aryl methyl sites for hydroxylation is 1. The Morgan fingerprint density at radius 2 is 1.76 bits per heavy atom. The Kier molecular flexibility index (Phi) is 6.62. The van der Waals surface area contributed by atoms with Crippen molar-refractivity contribution in [2.75, 3.05) is 19.4 Å². The number of carbonyl (C=O) groups excluding carboxylic acids is 1. The van der Waals surface area contributed by atoms with Crippen molar-refractivity contribution in [3.05, 3.63) is 59.8 Å². The smallest absolute Gasteiger partial charge is 0.294 e. The Balaban J connectivity index is 0.000000234. The van der Waals surface area contributed by atoms with E-state index >= 15 is 0 Å². The third kappa shape index (κ3) is 6.06. The lowest BCUT2D eigenvalue weighted by molar-refractivity contribution is 0.0823. The molecule has 2 aromatic carbocycles. The monoisotopic (exact) mass is 417 g/mol. The first-order valence-electron chi connectivity index (χ1n) is 8.47. The molecule has 6 N–H and O–H groups in total. The number of nitrogens with zero attached hydrogens (tertiary/aromatic N) is 1. The quantitative estimate of drug-likeness (QED) is 0.251. The Bertz CT molecular complexity index is 1140. The second kappa shape index (κ2) is 8.76. The van der Waals surface area contributed by atoms with Gasteiger partial charge in [-0.05, 0) is 43.3 Å². The van der Waals surface area contributed by atoms with E-state index in [1.54, 1.807) is 38.4 Å². The number of anilines is 1. The van der Waals surface area contributed by atoms with E-state index in [9.17, 15) is 13.2 Å². The summed E-state index contributed by atoms with van der Waals surface area (Å²) in [6, 6.07) is 13.2. The molecule has 1 amide bonds. The van der Waals surface area contributed by atoms with Crippen molar-refractivity contribution in [3.8, 4) is 0 Å². The van der Waals surface area contributed by atoms with Gasteiger partial charge in [0.15, 0.2) is 5.96 Å². The van der Waals surface area contributed by atoms with E-state index < -0.39 is 10.1 Å². The zero-order valence-corrected chi connectivity index (χ0v) is 17.0. The van der Waals surface area contributed by atoms with Crippen LogP contribution in [0.15, 0.2) is 53.4 Å². The van der Waals surface area contributed by atoms with Gasteiger partial charge in [-0.2, -0.15) is 8.42 Å². The minimum absolute atomic E-state index is 0.0666. The first kappa shape index (κ1) is 21.9. The largest absolute Gasteiger partial charge is 0.370 e. The van der Waals surface area contributed by atoms with Crippen LogP contribution in [-0.4, -0.2) is 48.8 Å². The molecule has 0 radical (unpaired) electrons. The number of aromatic nitrogens is 1. The second-order valence-corrected chi connectivity index (χ2v) is 7.93. The molecule has 0 saturated carbocycles. The summed E-state index contributed by atoms with van der Waals surface area (Å²) in [6.45, 7) is 1.84. The van der Waals surface area contributed by atoms with E-state index in [4.69, 9.17) is 15.7 Å². The molecule has 10 heteroatoms. The maximum absolute atomic E-state index is 11.8. The Morgan fingerprint density at radius 3 is 2.28 bits per heavy atom. The Labute approximate surface area is 168 Å². The zero-order valence-electron chi connectivity index (χ0n) is 16.2. The van der Waals surface area contributed by atoms with Crippen LogP contribution in [0.1, 0.15) is 16.1 Å². The van der Waals surface area contributed by atoms with Crippen molar-refractivity contribution in [3.63, 3.8) is 0 Å². The molecular formula is C19H23N5O4S. The number of aromatic amines is 1.